The molecule has 0 spiro atoms. The number of carbonyl (C=O) groups excluding carboxylic acids is 1. The van der Waals surface area contributed by atoms with Gasteiger partial charge in [-0.25, -0.2) is 0 Å². The number of nitrogens with zero attached hydrogens (tertiary/aromatic N) is 1. The summed E-state index contributed by atoms with van der Waals surface area (Å²) < 4.78 is 7.04. The van der Waals surface area contributed by atoms with Crippen LogP contribution in [0.1, 0.15) is 30.4 Å². The van der Waals surface area contributed by atoms with E-state index in [1.807, 2.05) is 41.3 Å². The Balaban J connectivity index is 1.48. The third-order valence-corrected chi connectivity index (χ3v) is 5.34. The fourth-order valence-electron chi connectivity index (χ4n) is 3.13. The number of ether oxygens (including phenoxy) is 1. The molecule has 0 bridgehead atoms. The van der Waals surface area contributed by atoms with Gasteiger partial charge < -0.3 is 15.0 Å². The highest BCUT2D eigenvalue weighted by Gasteiger charge is 2.18. The molecule has 1 aliphatic heterocycles. The lowest BCUT2D eigenvalue weighted by molar-refractivity contribution is -0.127. The van der Waals surface area contributed by atoms with Gasteiger partial charge in [0, 0.05) is 41.1 Å². The van der Waals surface area contributed by atoms with Crippen LogP contribution in [0.3, 0.4) is 0 Å². The van der Waals surface area contributed by atoms with Crippen LogP contribution >= 0.6 is 27.5 Å². The lowest BCUT2D eigenvalue weighted by Gasteiger charge is -2.16. The monoisotopic (exact) mass is 450 g/mol. The Kier molecular flexibility index (Phi) is 7.56. The minimum Gasteiger partial charge on any atom is -0.489 e. The van der Waals surface area contributed by atoms with Gasteiger partial charge in [0.2, 0.25) is 5.91 Å². The molecule has 2 aromatic rings. The van der Waals surface area contributed by atoms with Crippen LogP contribution < -0.4 is 10.1 Å². The second kappa shape index (κ2) is 10.1. The Labute approximate surface area is 174 Å². The van der Waals surface area contributed by atoms with E-state index in [-0.39, 0.29) is 0 Å². The molecule has 0 unspecified atom stereocenters. The highest BCUT2D eigenvalue weighted by Crippen LogP contribution is 2.24. The van der Waals surface area contributed by atoms with E-state index in [1.54, 1.807) is 0 Å². The van der Waals surface area contributed by atoms with Gasteiger partial charge in [-0.15, -0.1) is 0 Å². The SMILES string of the molecule is O=C1CCCN1CCCNCc1cc(Br)ccc1OCc1ccc(Cl)cc1. The van der Waals surface area contributed by atoms with Crippen LogP contribution in [0.15, 0.2) is 46.9 Å². The predicted octanol–water partition coefficient (Wildman–Crippen LogP) is 4.78. The molecule has 0 atom stereocenters. The molecular weight excluding hydrogens is 428 g/mol. The summed E-state index contributed by atoms with van der Waals surface area (Å²) in [6.45, 7) is 3.84. The molecule has 0 radical (unpaired) electrons. The number of hydrogen-bond donors (Lipinski definition) is 1. The van der Waals surface area contributed by atoms with Crippen molar-refractivity contribution in [2.24, 2.45) is 0 Å². The van der Waals surface area contributed by atoms with Crippen molar-refractivity contribution in [3.05, 3.63) is 63.1 Å². The largest absolute Gasteiger partial charge is 0.489 e. The zero-order valence-electron chi connectivity index (χ0n) is 15.2. The Morgan fingerprint density at radius 3 is 2.74 bits per heavy atom. The second-order valence-electron chi connectivity index (χ2n) is 6.68. The molecule has 4 nitrogen and oxygen atoms in total. The van der Waals surface area contributed by atoms with Crippen LogP contribution in [-0.4, -0.2) is 30.4 Å². The van der Waals surface area contributed by atoms with Gasteiger partial charge in [-0.2, -0.15) is 0 Å². The van der Waals surface area contributed by atoms with E-state index in [4.69, 9.17) is 16.3 Å². The van der Waals surface area contributed by atoms with Crippen LogP contribution in [0.5, 0.6) is 5.75 Å². The molecule has 2 aromatic carbocycles. The molecule has 1 N–H and O–H groups in total. The maximum Gasteiger partial charge on any atom is 0.222 e. The highest BCUT2D eigenvalue weighted by atomic mass is 79.9. The third kappa shape index (κ3) is 6.23. The highest BCUT2D eigenvalue weighted by molar-refractivity contribution is 9.10. The zero-order valence-corrected chi connectivity index (χ0v) is 17.6. The normalized spacial score (nSPS) is 14.0. The molecule has 1 saturated heterocycles. The summed E-state index contributed by atoms with van der Waals surface area (Å²) >= 11 is 9.46. The summed E-state index contributed by atoms with van der Waals surface area (Å²) in [6, 6.07) is 13.7. The fraction of sp³-hybridized carbons (Fsp3) is 0.381. The Hall–Kier alpha value is -1.56. The molecule has 0 aromatic heterocycles. The van der Waals surface area contributed by atoms with Gasteiger partial charge in [0.15, 0.2) is 0 Å². The van der Waals surface area contributed by atoms with Gasteiger partial charge in [-0.05, 0) is 55.3 Å². The molecular formula is C21H24BrClN2O2. The van der Waals surface area contributed by atoms with Crippen LogP contribution in [0.25, 0.3) is 0 Å². The molecule has 27 heavy (non-hydrogen) atoms. The van der Waals surface area contributed by atoms with Crippen molar-refractivity contribution < 1.29 is 9.53 Å². The van der Waals surface area contributed by atoms with E-state index < -0.39 is 0 Å². The van der Waals surface area contributed by atoms with E-state index >= 15 is 0 Å². The Bertz CT molecular complexity index is 767. The Morgan fingerprint density at radius 1 is 1.19 bits per heavy atom. The lowest BCUT2D eigenvalue weighted by Crippen LogP contribution is -2.28. The van der Waals surface area contributed by atoms with Crippen LogP contribution in [0.2, 0.25) is 5.02 Å². The molecule has 0 aliphatic carbocycles. The maximum atomic E-state index is 11.6. The molecule has 1 aliphatic rings. The van der Waals surface area contributed by atoms with Crippen molar-refractivity contribution in [1.29, 1.82) is 0 Å². The number of halogens is 2. The van der Waals surface area contributed by atoms with E-state index in [1.165, 1.54) is 0 Å². The number of benzene rings is 2. The summed E-state index contributed by atoms with van der Waals surface area (Å²) in [6.07, 6.45) is 2.67. The van der Waals surface area contributed by atoms with E-state index in [0.29, 0.717) is 18.9 Å². The number of nitrogens with one attached hydrogen (secondary N) is 1. The van der Waals surface area contributed by atoms with Gasteiger partial charge in [-0.3, -0.25) is 4.79 Å². The van der Waals surface area contributed by atoms with E-state index in [2.05, 4.69) is 27.3 Å². The molecule has 144 valence electrons. The Morgan fingerprint density at radius 2 is 2.00 bits per heavy atom. The number of carbonyl (C=O) groups is 1. The first-order chi connectivity index (χ1) is 13.1. The van der Waals surface area contributed by atoms with Crippen molar-refractivity contribution in [2.75, 3.05) is 19.6 Å². The molecule has 1 fully saturated rings. The van der Waals surface area contributed by atoms with E-state index in [0.717, 1.165) is 65.4 Å². The molecule has 6 heteroatoms. The van der Waals surface area contributed by atoms with Gasteiger partial charge in [0.05, 0.1) is 0 Å². The van der Waals surface area contributed by atoms with Crippen LogP contribution in [-0.2, 0) is 17.9 Å². The quantitative estimate of drug-likeness (QED) is 0.558. The van der Waals surface area contributed by atoms with Gasteiger partial charge in [0.1, 0.15) is 12.4 Å². The standard InChI is InChI=1S/C21H24BrClN2O2/c22-18-6-9-20(27-15-16-4-7-19(23)8-5-16)17(13-18)14-24-10-2-12-25-11-1-3-21(25)26/h4-9,13,24H,1-3,10-12,14-15H2. The van der Waals surface area contributed by atoms with Gasteiger partial charge >= 0.3 is 0 Å². The number of rotatable bonds is 9. The van der Waals surface area contributed by atoms with Crippen molar-refractivity contribution in [1.82, 2.24) is 10.2 Å². The topological polar surface area (TPSA) is 41.6 Å². The van der Waals surface area contributed by atoms with Crippen molar-refractivity contribution in [3.8, 4) is 5.75 Å². The lowest BCUT2D eigenvalue weighted by atomic mass is 10.2. The third-order valence-electron chi connectivity index (χ3n) is 4.60. The zero-order chi connectivity index (χ0) is 19.1. The first-order valence-corrected chi connectivity index (χ1v) is 10.4. The maximum absolute atomic E-state index is 11.6. The first kappa shape index (κ1) is 20.2. The number of likely N-dealkylation sites (tertiary alicyclic amines) is 1. The van der Waals surface area contributed by atoms with E-state index in [9.17, 15) is 4.79 Å². The smallest absolute Gasteiger partial charge is 0.222 e. The molecule has 1 heterocycles. The van der Waals surface area contributed by atoms with Crippen molar-refractivity contribution in [2.45, 2.75) is 32.4 Å². The summed E-state index contributed by atoms with van der Waals surface area (Å²) in [5.74, 6) is 1.16. The predicted molar refractivity (Wildman–Crippen MR) is 112 cm³/mol. The minimum absolute atomic E-state index is 0.292. The average Bonchev–Trinajstić information content (AvgIpc) is 3.07. The summed E-state index contributed by atoms with van der Waals surface area (Å²) in [7, 11) is 0. The van der Waals surface area contributed by atoms with Crippen molar-refractivity contribution in [3.63, 3.8) is 0 Å². The number of hydrogen-bond acceptors (Lipinski definition) is 3. The molecule has 1 amide bonds. The van der Waals surface area contributed by atoms with Gasteiger partial charge in [0.25, 0.3) is 0 Å². The van der Waals surface area contributed by atoms with Crippen LogP contribution in [0.4, 0.5) is 0 Å². The fourth-order valence-corrected chi connectivity index (χ4v) is 3.66. The second-order valence-corrected chi connectivity index (χ2v) is 8.03. The molecule has 3 rings (SSSR count). The number of amides is 1. The van der Waals surface area contributed by atoms with Crippen molar-refractivity contribution >= 4 is 33.4 Å². The molecule has 0 saturated carbocycles. The minimum atomic E-state index is 0.292. The average molecular weight is 452 g/mol. The first-order valence-electron chi connectivity index (χ1n) is 9.26. The summed E-state index contributed by atoms with van der Waals surface area (Å²) in [4.78, 5) is 13.6. The van der Waals surface area contributed by atoms with Gasteiger partial charge in [-0.1, -0.05) is 39.7 Å². The summed E-state index contributed by atoms with van der Waals surface area (Å²) in [5, 5.41) is 4.18. The summed E-state index contributed by atoms with van der Waals surface area (Å²) in [5.41, 5.74) is 2.19. The van der Waals surface area contributed by atoms with Crippen LogP contribution in [0, 0.1) is 0 Å².